The zero-order chi connectivity index (χ0) is 12.8. The first kappa shape index (κ1) is 14.1. The Morgan fingerprint density at radius 1 is 1.71 bits per heavy atom. The predicted molar refractivity (Wildman–Crippen MR) is 73.6 cm³/mol. The highest BCUT2D eigenvalue weighted by Gasteiger charge is 2.13. The number of nitrogen functional groups attached to an aromatic ring is 1. The van der Waals surface area contributed by atoms with Crippen molar-refractivity contribution in [3.63, 3.8) is 0 Å². The van der Waals surface area contributed by atoms with Gasteiger partial charge in [-0.25, -0.2) is 4.98 Å². The molecule has 0 saturated heterocycles. The molecule has 1 aromatic heterocycles. The van der Waals surface area contributed by atoms with Crippen LogP contribution < -0.4 is 11.1 Å². The number of amides is 1. The molecule has 1 aromatic rings. The summed E-state index contributed by atoms with van der Waals surface area (Å²) in [5.41, 5.74) is 5.89. The molecule has 1 amide bonds. The number of pyridine rings is 1. The number of hydrogen-bond donors (Lipinski definition) is 2. The first-order chi connectivity index (χ1) is 8.04. The van der Waals surface area contributed by atoms with Crippen LogP contribution in [0.25, 0.3) is 0 Å². The smallest absolute Gasteiger partial charge is 0.253 e. The molecule has 4 nitrogen and oxygen atoms in total. The van der Waals surface area contributed by atoms with Crippen molar-refractivity contribution in [3.05, 3.63) is 22.8 Å². The number of nitrogens with zero attached hydrogens (tertiary/aromatic N) is 1. The fourth-order valence-electron chi connectivity index (χ4n) is 1.30. The van der Waals surface area contributed by atoms with E-state index in [2.05, 4.69) is 10.3 Å². The van der Waals surface area contributed by atoms with Gasteiger partial charge in [-0.1, -0.05) is 11.6 Å². The molecule has 0 fully saturated rings. The third kappa shape index (κ3) is 4.44. The number of nitrogens with one attached hydrogen (secondary N) is 1. The molecule has 0 bridgehead atoms. The lowest BCUT2D eigenvalue weighted by Gasteiger charge is -2.13. The van der Waals surface area contributed by atoms with Crippen molar-refractivity contribution in [1.29, 1.82) is 0 Å². The van der Waals surface area contributed by atoms with Gasteiger partial charge in [-0.2, -0.15) is 11.8 Å². The molecule has 3 N–H and O–H groups in total. The van der Waals surface area contributed by atoms with E-state index in [1.807, 2.05) is 13.2 Å². The number of thioether (sulfide) groups is 1. The van der Waals surface area contributed by atoms with Crippen molar-refractivity contribution < 1.29 is 4.79 Å². The van der Waals surface area contributed by atoms with E-state index in [9.17, 15) is 4.79 Å². The van der Waals surface area contributed by atoms with Crippen molar-refractivity contribution in [2.75, 3.05) is 17.7 Å². The summed E-state index contributed by atoms with van der Waals surface area (Å²) in [7, 11) is 0. The summed E-state index contributed by atoms with van der Waals surface area (Å²) in [5, 5.41) is 3.19. The molecular weight excluding hydrogens is 258 g/mol. The van der Waals surface area contributed by atoms with Gasteiger partial charge in [0.25, 0.3) is 5.91 Å². The van der Waals surface area contributed by atoms with Gasteiger partial charge in [0.05, 0.1) is 10.6 Å². The number of anilines is 1. The number of halogens is 1. The van der Waals surface area contributed by atoms with Gasteiger partial charge in [0.2, 0.25) is 0 Å². The van der Waals surface area contributed by atoms with E-state index >= 15 is 0 Å². The number of rotatable bonds is 5. The van der Waals surface area contributed by atoms with Crippen LogP contribution in [0.2, 0.25) is 5.02 Å². The fraction of sp³-hybridized carbons (Fsp3) is 0.455. The molecule has 94 valence electrons. The number of nitrogens with two attached hydrogens (primary N) is 1. The lowest BCUT2D eigenvalue weighted by atomic mass is 10.2. The van der Waals surface area contributed by atoms with E-state index in [0.717, 1.165) is 12.2 Å². The van der Waals surface area contributed by atoms with Gasteiger partial charge in [0.15, 0.2) is 0 Å². The van der Waals surface area contributed by atoms with E-state index < -0.39 is 0 Å². The highest BCUT2D eigenvalue weighted by atomic mass is 35.5. The Bertz CT molecular complexity index is 400. The summed E-state index contributed by atoms with van der Waals surface area (Å²) in [6, 6.07) is 1.60. The highest BCUT2D eigenvalue weighted by molar-refractivity contribution is 7.98. The molecule has 0 spiro atoms. The van der Waals surface area contributed by atoms with Crippen molar-refractivity contribution in [3.8, 4) is 0 Å². The minimum Gasteiger partial charge on any atom is -0.384 e. The summed E-state index contributed by atoms with van der Waals surface area (Å²) < 4.78 is 0. The van der Waals surface area contributed by atoms with Crippen molar-refractivity contribution in [2.45, 2.75) is 19.4 Å². The number of hydrogen-bond acceptors (Lipinski definition) is 4. The maximum Gasteiger partial charge on any atom is 0.253 e. The second-order valence-electron chi connectivity index (χ2n) is 3.74. The average molecular weight is 274 g/mol. The van der Waals surface area contributed by atoms with Crippen molar-refractivity contribution >= 4 is 35.1 Å². The Hall–Kier alpha value is -0.940. The van der Waals surface area contributed by atoms with E-state index in [1.54, 1.807) is 11.8 Å². The molecule has 0 aliphatic rings. The highest BCUT2D eigenvalue weighted by Crippen LogP contribution is 2.16. The summed E-state index contributed by atoms with van der Waals surface area (Å²) in [4.78, 5) is 15.7. The molecule has 17 heavy (non-hydrogen) atoms. The van der Waals surface area contributed by atoms with Crippen LogP contribution in [0.15, 0.2) is 12.3 Å². The number of carbonyl (C=O) groups is 1. The van der Waals surface area contributed by atoms with Gasteiger partial charge in [0, 0.05) is 12.2 Å². The average Bonchev–Trinajstić information content (AvgIpc) is 2.29. The Kier molecular flexibility index (Phi) is 5.58. The van der Waals surface area contributed by atoms with Crippen LogP contribution in [0.3, 0.4) is 0 Å². The fourth-order valence-corrected chi connectivity index (χ4v) is 2.08. The molecule has 0 saturated carbocycles. The number of carbonyl (C=O) groups excluding carboxylic acids is 1. The summed E-state index contributed by atoms with van der Waals surface area (Å²) in [6.07, 6.45) is 4.35. The van der Waals surface area contributed by atoms with Crippen LogP contribution in [0.1, 0.15) is 23.7 Å². The Balaban J connectivity index is 2.66. The summed E-state index contributed by atoms with van der Waals surface area (Å²) in [6.45, 7) is 1.96. The third-order valence-corrected chi connectivity index (χ3v) is 3.20. The Morgan fingerprint density at radius 2 is 2.41 bits per heavy atom. The van der Waals surface area contributed by atoms with E-state index in [4.69, 9.17) is 17.3 Å². The van der Waals surface area contributed by atoms with Gasteiger partial charge in [-0.05, 0) is 31.4 Å². The summed E-state index contributed by atoms with van der Waals surface area (Å²) in [5.74, 6) is 1.09. The van der Waals surface area contributed by atoms with Crippen LogP contribution in [0, 0.1) is 0 Å². The standard InChI is InChI=1S/C11H16ClN3OS/c1-7(3-4-17-2)15-11(16)8-5-10(13)14-6-9(8)12/h5-7H,3-4H2,1-2H3,(H2,13,14)(H,15,16). The van der Waals surface area contributed by atoms with E-state index in [0.29, 0.717) is 10.6 Å². The quantitative estimate of drug-likeness (QED) is 0.863. The maximum absolute atomic E-state index is 11.9. The first-order valence-electron chi connectivity index (χ1n) is 5.25. The summed E-state index contributed by atoms with van der Waals surface area (Å²) >= 11 is 7.65. The SMILES string of the molecule is CSCCC(C)NC(=O)c1cc(N)ncc1Cl. The zero-order valence-corrected chi connectivity index (χ0v) is 11.4. The molecule has 0 radical (unpaired) electrons. The van der Waals surface area contributed by atoms with Crippen molar-refractivity contribution in [1.82, 2.24) is 10.3 Å². The molecular formula is C11H16ClN3OS. The van der Waals surface area contributed by atoms with Gasteiger partial charge >= 0.3 is 0 Å². The lowest BCUT2D eigenvalue weighted by Crippen LogP contribution is -2.33. The van der Waals surface area contributed by atoms with E-state index in [1.165, 1.54) is 12.3 Å². The normalized spacial score (nSPS) is 12.2. The Morgan fingerprint density at radius 3 is 3.06 bits per heavy atom. The van der Waals surface area contributed by atoms with Crippen LogP contribution in [-0.4, -0.2) is 28.9 Å². The van der Waals surface area contributed by atoms with Crippen molar-refractivity contribution in [2.24, 2.45) is 0 Å². The minimum absolute atomic E-state index is 0.111. The van der Waals surface area contributed by atoms with Gasteiger partial charge in [-0.15, -0.1) is 0 Å². The van der Waals surface area contributed by atoms with Crippen LogP contribution in [0.4, 0.5) is 5.82 Å². The predicted octanol–water partition coefficient (Wildman–Crippen LogP) is 2.19. The second kappa shape index (κ2) is 6.71. The van der Waals surface area contributed by atoms with Crippen LogP contribution in [0.5, 0.6) is 0 Å². The zero-order valence-electron chi connectivity index (χ0n) is 9.87. The number of aromatic nitrogens is 1. The largest absolute Gasteiger partial charge is 0.384 e. The molecule has 1 rings (SSSR count). The molecule has 1 unspecified atom stereocenters. The molecule has 0 aliphatic heterocycles. The molecule has 1 atom stereocenters. The third-order valence-electron chi connectivity index (χ3n) is 2.25. The topological polar surface area (TPSA) is 68.0 Å². The monoisotopic (exact) mass is 273 g/mol. The molecule has 6 heteroatoms. The van der Waals surface area contributed by atoms with E-state index in [-0.39, 0.29) is 17.8 Å². The Labute approximate surface area is 110 Å². The maximum atomic E-state index is 11.9. The lowest BCUT2D eigenvalue weighted by molar-refractivity contribution is 0.0939. The molecule has 0 aliphatic carbocycles. The van der Waals surface area contributed by atoms with Crippen LogP contribution in [-0.2, 0) is 0 Å². The van der Waals surface area contributed by atoms with Gasteiger partial charge < -0.3 is 11.1 Å². The van der Waals surface area contributed by atoms with Crippen LogP contribution >= 0.6 is 23.4 Å². The second-order valence-corrected chi connectivity index (χ2v) is 5.14. The minimum atomic E-state index is -0.210. The van der Waals surface area contributed by atoms with Gasteiger partial charge in [0.1, 0.15) is 5.82 Å². The molecule has 0 aromatic carbocycles. The molecule has 1 heterocycles. The van der Waals surface area contributed by atoms with Gasteiger partial charge in [-0.3, -0.25) is 4.79 Å². The first-order valence-corrected chi connectivity index (χ1v) is 7.02.